The van der Waals surface area contributed by atoms with Crippen molar-refractivity contribution in [1.29, 1.82) is 0 Å². The molecule has 0 fully saturated rings. The van der Waals surface area contributed by atoms with Crippen LogP contribution in [0.15, 0.2) is 34.2 Å². The predicted molar refractivity (Wildman–Crippen MR) is 98.9 cm³/mol. The normalized spacial score (nSPS) is 11.3. The molecule has 25 heavy (non-hydrogen) atoms. The maximum absolute atomic E-state index is 11.6. The molecule has 2 N–H and O–H groups in total. The first-order chi connectivity index (χ1) is 11.9. The minimum Gasteiger partial charge on any atom is -0.493 e. The second-order valence-corrected chi connectivity index (χ2v) is 6.12. The quantitative estimate of drug-likeness (QED) is 0.595. The number of hydrogen-bond donors (Lipinski definition) is 2. The zero-order chi connectivity index (χ0) is 18.4. The van der Waals surface area contributed by atoms with Crippen molar-refractivity contribution in [2.75, 3.05) is 12.5 Å². The van der Waals surface area contributed by atoms with E-state index in [1.54, 1.807) is 13.3 Å². The van der Waals surface area contributed by atoms with Gasteiger partial charge in [0.2, 0.25) is 5.95 Å². The van der Waals surface area contributed by atoms with E-state index in [1.807, 2.05) is 45.9 Å². The van der Waals surface area contributed by atoms with Crippen LogP contribution in [0.2, 0.25) is 0 Å². The van der Waals surface area contributed by atoms with Crippen molar-refractivity contribution in [3.8, 4) is 11.5 Å². The highest BCUT2D eigenvalue weighted by Gasteiger charge is 2.07. The molecule has 7 nitrogen and oxygen atoms in total. The lowest BCUT2D eigenvalue weighted by Gasteiger charge is -2.13. The molecule has 2 aromatic rings. The molecule has 1 heterocycles. The Bertz CT molecular complexity index is 797. The van der Waals surface area contributed by atoms with Crippen LogP contribution in [0.25, 0.3) is 0 Å². The zero-order valence-electron chi connectivity index (χ0n) is 15.2. The van der Waals surface area contributed by atoms with Crippen LogP contribution < -0.4 is 20.5 Å². The average Bonchev–Trinajstić information content (AvgIpc) is 2.55. The van der Waals surface area contributed by atoms with E-state index < -0.39 is 0 Å². The van der Waals surface area contributed by atoms with Crippen LogP contribution in [-0.2, 0) is 0 Å². The van der Waals surface area contributed by atoms with Crippen LogP contribution in [0.5, 0.6) is 11.5 Å². The standard InChI is InChI=1S/C18H24N4O3/c1-11(2)14-9-17(23)21-18(20-14)22-19-10-13-6-7-15(25-12(3)4)16(8-13)24-5/h6-12H,1-5H3,(H2,20,21,22,23)/b19-10-. The fraction of sp³-hybridized carbons (Fsp3) is 0.389. The Balaban J connectivity index is 2.13. The van der Waals surface area contributed by atoms with Gasteiger partial charge < -0.3 is 9.47 Å². The Morgan fingerprint density at radius 1 is 1.20 bits per heavy atom. The Morgan fingerprint density at radius 2 is 1.96 bits per heavy atom. The number of H-pyrrole nitrogens is 1. The lowest BCUT2D eigenvalue weighted by atomic mass is 10.1. The first-order valence-electron chi connectivity index (χ1n) is 8.14. The van der Waals surface area contributed by atoms with Gasteiger partial charge in [0.25, 0.3) is 5.56 Å². The number of hydrazone groups is 1. The number of ether oxygens (including phenoxy) is 2. The second kappa shape index (κ2) is 8.32. The molecule has 0 saturated carbocycles. The number of anilines is 1. The molecule has 0 saturated heterocycles. The van der Waals surface area contributed by atoms with Gasteiger partial charge in [0.05, 0.1) is 25.1 Å². The van der Waals surface area contributed by atoms with E-state index in [9.17, 15) is 4.79 Å². The molecule has 134 valence electrons. The van der Waals surface area contributed by atoms with Crippen molar-refractivity contribution >= 4 is 12.2 Å². The number of methoxy groups -OCH3 is 1. The molecule has 0 radical (unpaired) electrons. The van der Waals surface area contributed by atoms with E-state index in [-0.39, 0.29) is 17.6 Å². The van der Waals surface area contributed by atoms with Gasteiger partial charge in [-0.15, -0.1) is 0 Å². The molecule has 0 amide bonds. The first-order valence-corrected chi connectivity index (χ1v) is 8.14. The summed E-state index contributed by atoms with van der Waals surface area (Å²) in [6, 6.07) is 7.01. The Hall–Kier alpha value is -2.83. The Labute approximate surface area is 147 Å². The zero-order valence-corrected chi connectivity index (χ0v) is 15.2. The maximum atomic E-state index is 11.6. The van der Waals surface area contributed by atoms with E-state index in [0.29, 0.717) is 23.1 Å². The van der Waals surface area contributed by atoms with Gasteiger partial charge in [-0.05, 0) is 43.5 Å². The second-order valence-electron chi connectivity index (χ2n) is 6.12. The topological polar surface area (TPSA) is 88.6 Å². The smallest absolute Gasteiger partial charge is 0.252 e. The average molecular weight is 344 g/mol. The van der Waals surface area contributed by atoms with Gasteiger partial charge in [-0.25, -0.2) is 10.4 Å². The van der Waals surface area contributed by atoms with E-state index in [1.165, 1.54) is 6.07 Å². The summed E-state index contributed by atoms with van der Waals surface area (Å²) in [5.41, 5.74) is 4.06. The van der Waals surface area contributed by atoms with Crippen LogP contribution in [0.3, 0.4) is 0 Å². The van der Waals surface area contributed by atoms with Crippen LogP contribution in [0.4, 0.5) is 5.95 Å². The van der Waals surface area contributed by atoms with E-state index in [2.05, 4.69) is 20.5 Å². The summed E-state index contributed by atoms with van der Waals surface area (Å²) in [7, 11) is 1.59. The fourth-order valence-corrected chi connectivity index (χ4v) is 2.11. The number of aromatic nitrogens is 2. The molecular formula is C18H24N4O3. The lowest BCUT2D eigenvalue weighted by molar-refractivity contribution is 0.230. The highest BCUT2D eigenvalue weighted by Crippen LogP contribution is 2.28. The third kappa shape index (κ3) is 5.34. The van der Waals surface area contributed by atoms with Gasteiger partial charge in [-0.3, -0.25) is 9.78 Å². The lowest BCUT2D eigenvalue weighted by Crippen LogP contribution is -2.12. The molecule has 1 aromatic carbocycles. The van der Waals surface area contributed by atoms with Crippen molar-refractivity contribution in [2.45, 2.75) is 39.7 Å². The van der Waals surface area contributed by atoms with Crippen LogP contribution in [-0.4, -0.2) is 29.4 Å². The third-order valence-corrected chi connectivity index (χ3v) is 3.29. The number of benzene rings is 1. The molecule has 7 heteroatoms. The molecule has 0 aliphatic carbocycles. The number of aromatic amines is 1. The molecule has 0 aliphatic rings. The fourth-order valence-electron chi connectivity index (χ4n) is 2.11. The number of rotatable bonds is 7. The molecule has 0 atom stereocenters. The summed E-state index contributed by atoms with van der Waals surface area (Å²) in [6.45, 7) is 7.86. The van der Waals surface area contributed by atoms with Gasteiger partial charge in [0.15, 0.2) is 11.5 Å². The monoisotopic (exact) mass is 344 g/mol. The van der Waals surface area contributed by atoms with Crippen LogP contribution in [0.1, 0.15) is 44.9 Å². The predicted octanol–water partition coefficient (Wildman–Crippen LogP) is 3.14. The van der Waals surface area contributed by atoms with Crippen molar-refractivity contribution in [3.05, 3.63) is 45.9 Å². The largest absolute Gasteiger partial charge is 0.493 e. The molecule has 0 spiro atoms. The first kappa shape index (κ1) is 18.5. The van der Waals surface area contributed by atoms with Gasteiger partial charge in [0.1, 0.15) is 0 Å². The SMILES string of the molecule is COc1cc(/C=N\Nc2nc(C(C)C)cc(=O)[nH]2)ccc1OC(C)C. The van der Waals surface area contributed by atoms with Crippen molar-refractivity contribution in [3.63, 3.8) is 0 Å². The van der Waals surface area contributed by atoms with Gasteiger partial charge >= 0.3 is 0 Å². The number of nitrogens with zero attached hydrogens (tertiary/aromatic N) is 2. The van der Waals surface area contributed by atoms with Gasteiger partial charge in [-0.2, -0.15) is 5.10 Å². The third-order valence-electron chi connectivity index (χ3n) is 3.29. The van der Waals surface area contributed by atoms with E-state index in [0.717, 1.165) is 5.56 Å². The van der Waals surface area contributed by atoms with Crippen molar-refractivity contribution in [2.24, 2.45) is 5.10 Å². The van der Waals surface area contributed by atoms with Gasteiger partial charge in [-0.1, -0.05) is 13.8 Å². The maximum Gasteiger partial charge on any atom is 0.252 e. The summed E-state index contributed by atoms with van der Waals surface area (Å²) >= 11 is 0. The molecule has 0 aliphatic heterocycles. The van der Waals surface area contributed by atoms with Crippen molar-refractivity contribution in [1.82, 2.24) is 9.97 Å². The Morgan fingerprint density at radius 3 is 2.60 bits per heavy atom. The summed E-state index contributed by atoms with van der Waals surface area (Å²) < 4.78 is 11.0. The summed E-state index contributed by atoms with van der Waals surface area (Å²) in [5.74, 6) is 1.77. The van der Waals surface area contributed by atoms with Crippen LogP contribution in [0, 0.1) is 0 Å². The summed E-state index contributed by atoms with van der Waals surface area (Å²) in [5, 5.41) is 4.12. The molecule has 0 bridgehead atoms. The molecule has 2 rings (SSSR count). The van der Waals surface area contributed by atoms with Gasteiger partial charge in [0, 0.05) is 6.07 Å². The minimum atomic E-state index is -0.215. The molecule has 0 unspecified atom stereocenters. The highest BCUT2D eigenvalue weighted by atomic mass is 16.5. The number of hydrogen-bond acceptors (Lipinski definition) is 6. The summed E-state index contributed by atoms with van der Waals surface area (Å²) in [4.78, 5) is 18.6. The summed E-state index contributed by atoms with van der Waals surface area (Å²) in [6.07, 6.45) is 1.68. The Kier molecular flexibility index (Phi) is 6.16. The number of nitrogens with one attached hydrogen (secondary N) is 2. The van der Waals surface area contributed by atoms with Crippen LogP contribution >= 0.6 is 0 Å². The molecular weight excluding hydrogens is 320 g/mol. The van der Waals surface area contributed by atoms with E-state index >= 15 is 0 Å². The van der Waals surface area contributed by atoms with Crippen molar-refractivity contribution < 1.29 is 9.47 Å². The van der Waals surface area contributed by atoms with E-state index in [4.69, 9.17) is 9.47 Å². The minimum absolute atomic E-state index is 0.0613. The molecule has 1 aromatic heterocycles. The highest BCUT2D eigenvalue weighted by molar-refractivity contribution is 5.81.